The predicted octanol–water partition coefficient (Wildman–Crippen LogP) is 3.66. The van der Waals surface area contributed by atoms with Gasteiger partial charge in [0.2, 0.25) is 0 Å². The summed E-state index contributed by atoms with van der Waals surface area (Å²) in [6, 6.07) is 10.2. The van der Waals surface area contributed by atoms with Crippen molar-refractivity contribution in [1.29, 1.82) is 0 Å². The van der Waals surface area contributed by atoms with Crippen LogP contribution < -0.4 is 5.73 Å². The third-order valence-electron chi connectivity index (χ3n) is 3.37. The van der Waals surface area contributed by atoms with E-state index in [-0.39, 0.29) is 11.6 Å². The van der Waals surface area contributed by atoms with Crippen LogP contribution >= 0.6 is 11.3 Å². The molecule has 0 aliphatic heterocycles. The Morgan fingerprint density at radius 3 is 2.74 bits per heavy atom. The van der Waals surface area contributed by atoms with E-state index >= 15 is 0 Å². The first kappa shape index (κ1) is 13.8. The third-order valence-corrected chi connectivity index (χ3v) is 4.32. The van der Waals surface area contributed by atoms with Crippen molar-refractivity contribution in [2.45, 2.75) is 6.42 Å². The maximum atomic E-state index is 13.8. The van der Waals surface area contributed by atoms with Crippen LogP contribution in [0.4, 0.5) is 10.2 Å². The molecule has 0 saturated carbocycles. The van der Waals surface area contributed by atoms with Crippen LogP contribution in [-0.2, 0) is 6.42 Å². The van der Waals surface area contributed by atoms with E-state index in [1.54, 1.807) is 36.6 Å². The van der Waals surface area contributed by atoms with Crippen molar-refractivity contribution in [3.63, 3.8) is 0 Å². The third kappa shape index (κ3) is 2.55. The average Bonchev–Trinajstić information content (AvgIpc) is 3.19. The van der Waals surface area contributed by atoms with Crippen molar-refractivity contribution >= 4 is 27.5 Å². The van der Waals surface area contributed by atoms with Gasteiger partial charge in [-0.2, -0.15) is 0 Å². The average molecular weight is 326 g/mol. The number of nitrogens with two attached hydrogens (primary N) is 1. The predicted molar refractivity (Wildman–Crippen MR) is 86.5 cm³/mol. The van der Waals surface area contributed by atoms with Gasteiger partial charge in [0.25, 0.3) is 0 Å². The summed E-state index contributed by atoms with van der Waals surface area (Å²) in [5, 5.41) is 0.739. The lowest BCUT2D eigenvalue weighted by Gasteiger charge is -1.98. The van der Waals surface area contributed by atoms with Gasteiger partial charge in [-0.15, -0.1) is 0 Å². The Morgan fingerprint density at radius 1 is 1.09 bits per heavy atom. The molecule has 0 radical (unpaired) electrons. The molecular weight excluding hydrogens is 315 g/mol. The first-order valence-corrected chi connectivity index (χ1v) is 7.72. The Hall–Kier alpha value is -2.80. The van der Waals surface area contributed by atoms with Gasteiger partial charge >= 0.3 is 0 Å². The van der Waals surface area contributed by atoms with Crippen molar-refractivity contribution in [2.75, 3.05) is 5.73 Å². The fourth-order valence-corrected chi connectivity index (χ4v) is 3.25. The molecular formula is C16H11FN4OS. The largest absolute Gasteiger partial charge is 0.461 e. The molecule has 1 aromatic carbocycles. The van der Waals surface area contributed by atoms with E-state index in [2.05, 4.69) is 15.0 Å². The van der Waals surface area contributed by atoms with Crippen LogP contribution in [0.2, 0.25) is 0 Å². The normalized spacial score (nSPS) is 11.2. The highest BCUT2D eigenvalue weighted by atomic mass is 32.1. The van der Waals surface area contributed by atoms with Crippen LogP contribution in [0.25, 0.3) is 21.9 Å². The summed E-state index contributed by atoms with van der Waals surface area (Å²) in [5.74, 6) is 1.00. The molecule has 0 fully saturated rings. The highest BCUT2D eigenvalue weighted by molar-refractivity contribution is 7.18. The fourth-order valence-electron chi connectivity index (χ4n) is 2.28. The maximum Gasteiger partial charge on any atom is 0.199 e. The standard InChI is InChI=1S/C16H11FN4OS/c17-10-5-2-1-4-9(10)8-12-19-13-14(18)20-15(21-16(13)23-12)11-6-3-7-22-11/h1-7H,8H2,(H2,18,20,21). The van der Waals surface area contributed by atoms with Gasteiger partial charge in [0, 0.05) is 6.42 Å². The lowest BCUT2D eigenvalue weighted by atomic mass is 10.1. The molecule has 0 saturated heterocycles. The maximum absolute atomic E-state index is 13.8. The topological polar surface area (TPSA) is 77.8 Å². The van der Waals surface area contributed by atoms with E-state index < -0.39 is 0 Å². The van der Waals surface area contributed by atoms with Gasteiger partial charge in [-0.1, -0.05) is 29.5 Å². The zero-order valence-electron chi connectivity index (χ0n) is 11.9. The number of hydrogen-bond acceptors (Lipinski definition) is 6. The lowest BCUT2D eigenvalue weighted by Crippen LogP contribution is -1.96. The number of hydrogen-bond donors (Lipinski definition) is 1. The molecule has 0 atom stereocenters. The molecule has 7 heteroatoms. The molecule has 4 aromatic rings. The molecule has 0 bridgehead atoms. The first-order valence-electron chi connectivity index (χ1n) is 6.91. The van der Waals surface area contributed by atoms with E-state index in [0.717, 1.165) is 5.01 Å². The van der Waals surface area contributed by atoms with Gasteiger partial charge in [-0.3, -0.25) is 0 Å². The Kier molecular flexibility index (Phi) is 3.27. The zero-order valence-corrected chi connectivity index (χ0v) is 12.7. The minimum absolute atomic E-state index is 0.248. The molecule has 0 spiro atoms. The van der Waals surface area contributed by atoms with Crippen molar-refractivity contribution in [1.82, 2.24) is 15.0 Å². The number of thiazole rings is 1. The highest BCUT2D eigenvalue weighted by Gasteiger charge is 2.15. The van der Waals surface area contributed by atoms with Crippen LogP contribution in [0.15, 0.2) is 47.1 Å². The minimum Gasteiger partial charge on any atom is -0.461 e. The zero-order chi connectivity index (χ0) is 15.8. The van der Waals surface area contributed by atoms with Crippen LogP contribution in [-0.4, -0.2) is 15.0 Å². The minimum atomic E-state index is -0.248. The van der Waals surface area contributed by atoms with Crippen LogP contribution in [0.3, 0.4) is 0 Å². The Bertz CT molecular complexity index is 981. The van der Waals surface area contributed by atoms with E-state index in [4.69, 9.17) is 10.2 Å². The van der Waals surface area contributed by atoms with Crippen molar-refractivity contribution in [2.24, 2.45) is 0 Å². The monoisotopic (exact) mass is 326 g/mol. The van der Waals surface area contributed by atoms with Gasteiger partial charge in [0.15, 0.2) is 17.4 Å². The molecule has 0 unspecified atom stereocenters. The second-order valence-corrected chi connectivity index (χ2v) is 6.00. The summed E-state index contributed by atoms with van der Waals surface area (Å²) in [7, 11) is 0. The molecule has 2 N–H and O–H groups in total. The quantitative estimate of drug-likeness (QED) is 0.621. The number of furan rings is 1. The number of halogens is 1. The second kappa shape index (κ2) is 5.44. The van der Waals surface area contributed by atoms with Crippen LogP contribution in [0, 0.1) is 5.82 Å². The molecule has 3 heterocycles. The van der Waals surface area contributed by atoms with Crippen LogP contribution in [0.5, 0.6) is 0 Å². The number of benzene rings is 1. The summed E-state index contributed by atoms with van der Waals surface area (Å²) in [5.41, 5.74) is 7.10. The van der Waals surface area contributed by atoms with E-state index in [1.807, 2.05) is 0 Å². The lowest BCUT2D eigenvalue weighted by molar-refractivity contribution is 0.578. The number of fused-ring (bicyclic) bond motifs is 1. The summed E-state index contributed by atoms with van der Waals surface area (Å²) in [6.07, 6.45) is 1.94. The second-order valence-electron chi connectivity index (χ2n) is 4.94. The number of nitrogen functional groups attached to an aromatic ring is 1. The highest BCUT2D eigenvalue weighted by Crippen LogP contribution is 2.28. The molecule has 5 nitrogen and oxygen atoms in total. The number of aromatic nitrogens is 3. The van der Waals surface area contributed by atoms with E-state index in [9.17, 15) is 4.39 Å². The summed E-state index contributed by atoms with van der Waals surface area (Å²) >= 11 is 1.38. The Morgan fingerprint density at radius 2 is 1.96 bits per heavy atom. The number of anilines is 1. The van der Waals surface area contributed by atoms with Gasteiger partial charge < -0.3 is 10.2 Å². The number of rotatable bonds is 3. The van der Waals surface area contributed by atoms with Gasteiger partial charge in [0.1, 0.15) is 21.2 Å². The molecule has 0 amide bonds. The van der Waals surface area contributed by atoms with Crippen LogP contribution in [0.1, 0.15) is 10.6 Å². The van der Waals surface area contributed by atoms with Crippen molar-refractivity contribution < 1.29 is 8.81 Å². The van der Waals surface area contributed by atoms with Gasteiger partial charge in [-0.25, -0.2) is 19.3 Å². The Balaban J connectivity index is 1.76. The van der Waals surface area contributed by atoms with Gasteiger partial charge in [-0.05, 0) is 23.8 Å². The fraction of sp³-hybridized carbons (Fsp3) is 0.0625. The summed E-state index contributed by atoms with van der Waals surface area (Å²) < 4.78 is 19.1. The summed E-state index contributed by atoms with van der Waals surface area (Å²) in [4.78, 5) is 13.8. The molecule has 0 aliphatic carbocycles. The van der Waals surface area contributed by atoms with E-state index in [0.29, 0.717) is 33.9 Å². The smallest absolute Gasteiger partial charge is 0.199 e. The molecule has 0 aliphatic rings. The molecule has 4 rings (SSSR count). The molecule has 114 valence electrons. The number of nitrogens with zero attached hydrogens (tertiary/aromatic N) is 3. The van der Waals surface area contributed by atoms with Crippen molar-refractivity contribution in [3.05, 3.63) is 59.0 Å². The van der Waals surface area contributed by atoms with Gasteiger partial charge in [0.05, 0.1) is 6.26 Å². The van der Waals surface area contributed by atoms with Crippen molar-refractivity contribution in [3.8, 4) is 11.6 Å². The Labute approximate surface area is 134 Å². The SMILES string of the molecule is Nc1nc(-c2ccco2)nc2sc(Cc3ccccc3F)nc12. The first-order chi connectivity index (χ1) is 11.2. The molecule has 3 aromatic heterocycles. The van der Waals surface area contributed by atoms with E-state index in [1.165, 1.54) is 17.4 Å². The summed E-state index contributed by atoms with van der Waals surface area (Å²) in [6.45, 7) is 0. The molecule has 23 heavy (non-hydrogen) atoms.